The van der Waals surface area contributed by atoms with Gasteiger partial charge in [-0.3, -0.25) is 10.1 Å². The molecule has 1 rings (SSSR count). The Morgan fingerprint density at radius 3 is 2.62 bits per heavy atom. The Morgan fingerprint density at radius 1 is 1.54 bits per heavy atom. The zero-order valence-corrected chi connectivity index (χ0v) is 6.23. The molecule has 0 bridgehead atoms. The summed E-state index contributed by atoms with van der Waals surface area (Å²) in [7, 11) is 0. The SMILES string of the molecule is O=[13C](O)c1cc(F)ccc1[N+](=O)[O-]. The number of aromatic carboxylic acids is 1. The maximum absolute atomic E-state index is 12.5. The van der Waals surface area contributed by atoms with Gasteiger partial charge in [0.15, 0.2) is 0 Å². The second-order valence-corrected chi connectivity index (χ2v) is 2.22. The third-order valence-corrected chi connectivity index (χ3v) is 1.39. The summed E-state index contributed by atoms with van der Waals surface area (Å²) in [4.78, 5) is 19.8. The first-order chi connectivity index (χ1) is 6.02. The topological polar surface area (TPSA) is 80.4 Å². The number of nitrogens with zero attached hydrogens (tertiary/aromatic N) is 1. The molecule has 5 nitrogen and oxygen atoms in total. The third-order valence-electron chi connectivity index (χ3n) is 1.39. The lowest BCUT2D eigenvalue weighted by Crippen LogP contribution is -2.02. The van der Waals surface area contributed by atoms with Crippen molar-refractivity contribution in [3.63, 3.8) is 0 Å². The second kappa shape index (κ2) is 3.18. The highest BCUT2D eigenvalue weighted by atomic mass is 19.1. The van der Waals surface area contributed by atoms with Gasteiger partial charge in [0, 0.05) is 6.07 Å². The van der Waals surface area contributed by atoms with Crippen molar-refractivity contribution in [3.8, 4) is 0 Å². The number of hydrogen-bond donors (Lipinski definition) is 1. The summed E-state index contributed by atoms with van der Waals surface area (Å²) in [6.45, 7) is 0. The van der Waals surface area contributed by atoms with Gasteiger partial charge in [-0.15, -0.1) is 0 Å². The van der Waals surface area contributed by atoms with Crippen LogP contribution in [0.1, 0.15) is 10.4 Å². The predicted octanol–water partition coefficient (Wildman–Crippen LogP) is 1.43. The van der Waals surface area contributed by atoms with Gasteiger partial charge < -0.3 is 5.11 Å². The first-order valence-electron chi connectivity index (χ1n) is 3.19. The zero-order chi connectivity index (χ0) is 10.0. The molecule has 68 valence electrons. The maximum atomic E-state index is 12.5. The van der Waals surface area contributed by atoms with Gasteiger partial charge in [-0.2, -0.15) is 0 Å². The fourth-order valence-electron chi connectivity index (χ4n) is 0.839. The summed E-state index contributed by atoms with van der Waals surface area (Å²) in [5.41, 5.74) is -1.26. The molecular weight excluding hydrogens is 182 g/mol. The molecule has 0 amide bonds. The minimum absolute atomic E-state index is 0.612. The number of carboxylic acid groups (broad SMARTS) is 1. The van der Waals surface area contributed by atoms with E-state index in [2.05, 4.69) is 0 Å². The smallest absolute Gasteiger partial charge is 0.342 e. The molecule has 6 heteroatoms. The molecular formula is C7H4FNO4. The van der Waals surface area contributed by atoms with Crippen LogP contribution in [-0.4, -0.2) is 16.0 Å². The van der Waals surface area contributed by atoms with Crippen molar-refractivity contribution in [2.75, 3.05) is 0 Å². The molecule has 1 N–H and O–H groups in total. The Bertz CT molecular complexity index is 377. The van der Waals surface area contributed by atoms with Crippen LogP contribution in [0.4, 0.5) is 10.1 Å². The monoisotopic (exact) mass is 186 g/mol. The van der Waals surface area contributed by atoms with E-state index in [1.54, 1.807) is 0 Å². The molecule has 1 aromatic carbocycles. The van der Waals surface area contributed by atoms with Gasteiger partial charge in [-0.1, -0.05) is 0 Å². The third kappa shape index (κ3) is 1.78. The molecule has 0 saturated carbocycles. The van der Waals surface area contributed by atoms with Crippen LogP contribution in [0.3, 0.4) is 0 Å². The Hall–Kier alpha value is -1.98. The molecule has 0 aliphatic carbocycles. The highest BCUT2D eigenvalue weighted by molar-refractivity contribution is 5.92. The first kappa shape index (κ1) is 9.11. The minimum atomic E-state index is -1.52. The van der Waals surface area contributed by atoms with Crippen LogP contribution in [0.15, 0.2) is 18.2 Å². The van der Waals surface area contributed by atoms with Crippen molar-refractivity contribution in [1.29, 1.82) is 0 Å². The van der Waals surface area contributed by atoms with Crippen LogP contribution >= 0.6 is 0 Å². The molecule has 0 aliphatic rings. The fraction of sp³-hybridized carbons (Fsp3) is 0. The molecule has 0 atom stereocenters. The van der Waals surface area contributed by atoms with Gasteiger partial charge in [0.05, 0.1) is 4.92 Å². The normalized spacial score (nSPS) is 9.62. The van der Waals surface area contributed by atoms with Crippen LogP contribution in [0.2, 0.25) is 0 Å². The van der Waals surface area contributed by atoms with Gasteiger partial charge in [0.2, 0.25) is 0 Å². The second-order valence-electron chi connectivity index (χ2n) is 2.22. The van der Waals surface area contributed by atoms with Crippen LogP contribution in [0.25, 0.3) is 0 Å². The van der Waals surface area contributed by atoms with Gasteiger partial charge in [-0.05, 0) is 12.1 Å². The van der Waals surface area contributed by atoms with E-state index in [4.69, 9.17) is 5.11 Å². The summed E-state index contributed by atoms with van der Waals surface area (Å²) in [6.07, 6.45) is 0. The minimum Gasteiger partial charge on any atom is -0.477 e. The summed E-state index contributed by atoms with van der Waals surface area (Å²) < 4.78 is 12.5. The molecule has 0 unspecified atom stereocenters. The van der Waals surface area contributed by atoms with E-state index in [1.807, 2.05) is 0 Å². The molecule has 0 fully saturated rings. The van der Waals surface area contributed by atoms with E-state index in [0.29, 0.717) is 6.07 Å². The van der Waals surface area contributed by atoms with Gasteiger partial charge >= 0.3 is 5.97 Å². The highest BCUT2D eigenvalue weighted by Crippen LogP contribution is 2.18. The Morgan fingerprint density at radius 2 is 2.15 bits per heavy atom. The summed E-state index contributed by atoms with van der Waals surface area (Å²) in [5.74, 6) is -2.34. The molecule has 13 heavy (non-hydrogen) atoms. The number of carboxylic acids is 1. The maximum Gasteiger partial charge on any atom is 0.342 e. The van der Waals surface area contributed by atoms with E-state index < -0.39 is 28.0 Å². The van der Waals surface area contributed by atoms with Crippen molar-refractivity contribution < 1.29 is 19.2 Å². The van der Waals surface area contributed by atoms with Crippen molar-refractivity contribution in [2.45, 2.75) is 0 Å². The van der Waals surface area contributed by atoms with E-state index in [0.717, 1.165) is 12.1 Å². The molecule has 0 spiro atoms. The fourth-order valence-corrected chi connectivity index (χ4v) is 0.839. The summed E-state index contributed by atoms with van der Waals surface area (Å²) in [6, 6.07) is 2.27. The number of rotatable bonds is 2. The number of carbonyl (C=O) groups is 1. The average Bonchev–Trinajstić information content (AvgIpc) is 2.03. The standard InChI is InChI=1S/C7H4FNO4/c8-4-1-2-6(9(12)13)5(3-4)7(10)11/h1-3H,(H,10,11)/i7+1. The van der Waals surface area contributed by atoms with Crippen molar-refractivity contribution in [1.82, 2.24) is 0 Å². The molecule has 0 aromatic heterocycles. The van der Waals surface area contributed by atoms with Crippen LogP contribution in [0.5, 0.6) is 0 Å². The Kier molecular flexibility index (Phi) is 2.23. The van der Waals surface area contributed by atoms with Crippen LogP contribution < -0.4 is 0 Å². The van der Waals surface area contributed by atoms with Crippen LogP contribution in [0, 0.1) is 15.9 Å². The lowest BCUT2D eigenvalue weighted by atomic mass is 10.2. The number of halogens is 1. The predicted molar refractivity (Wildman–Crippen MR) is 40.0 cm³/mol. The Labute approximate surface area is 71.6 Å². The summed E-state index contributed by atoms with van der Waals surface area (Å²) >= 11 is 0. The van der Waals surface area contributed by atoms with Gasteiger partial charge in [0.25, 0.3) is 5.69 Å². The zero-order valence-electron chi connectivity index (χ0n) is 6.23. The number of benzene rings is 1. The van der Waals surface area contributed by atoms with Crippen molar-refractivity contribution >= 4 is 11.7 Å². The lowest BCUT2D eigenvalue weighted by molar-refractivity contribution is -0.385. The van der Waals surface area contributed by atoms with E-state index >= 15 is 0 Å². The molecule has 0 radical (unpaired) electrons. The van der Waals surface area contributed by atoms with Crippen molar-refractivity contribution in [3.05, 3.63) is 39.7 Å². The largest absolute Gasteiger partial charge is 0.477 e. The first-order valence-corrected chi connectivity index (χ1v) is 3.19. The van der Waals surface area contributed by atoms with Crippen molar-refractivity contribution in [2.24, 2.45) is 0 Å². The number of nitro groups is 1. The number of nitro benzene ring substituents is 1. The lowest BCUT2D eigenvalue weighted by Gasteiger charge is -1.96. The van der Waals surface area contributed by atoms with E-state index in [1.165, 1.54) is 0 Å². The average molecular weight is 186 g/mol. The van der Waals surface area contributed by atoms with Gasteiger partial charge in [0.1, 0.15) is 11.4 Å². The van der Waals surface area contributed by atoms with E-state index in [-0.39, 0.29) is 0 Å². The summed E-state index contributed by atoms with van der Waals surface area (Å²) in [5, 5.41) is 18.7. The molecule has 1 aromatic rings. The number of hydrogen-bond acceptors (Lipinski definition) is 3. The van der Waals surface area contributed by atoms with Crippen LogP contribution in [-0.2, 0) is 0 Å². The van der Waals surface area contributed by atoms with Gasteiger partial charge in [-0.25, -0.2) is 9.18 Å². The van der Waals surface area contributed by atoms with E-state index in [9.17, 15) is 19.3 Å². The molecule has 0 saturated heterocycles. The quantitative estimate of drug-likeness (QED) is 0.430. The Balaban J connectivity index is 3.35. The molecule has 0 aliphatic heterocycles. The molecule has 0 heterocycles. The highest BCUT2D eigenvalue weighted by Gasteiger charge is 2.19.